The van der Waals surface area contributed by atoms with E-state index in [0.717, 1.165) is 55.0 Å². The smallest absolute Gasteiger partial charge is 0.416 e. The molecule has 10 heteroatoms. The van der Waals surface area contributed by atoms with Crippen molar-refractivity contribution in [3.8, 4) is 0 Å². The van der Waals surface area contributed by atoms with E-state index in [1.165, 1.54) is 18.2 Å². The first-order valence-electron chi connectivity index (χ1n) is 12.8. The van der Waals surface area contributed by atoms with Gasteiger partial charge in [-0.05, 0) is 71.9 Å². The maximum absolute atomic E-state index is 13.3. The zero-order valence-electron chi connectivity index (χ0n) is 22.0. The summed E-state index contributed by atoms with van der Waals surface area (Å²) in [5.74, 6) is -0.134. The lowest BCUT2D eigenvalue weighted by molar-refractivity contribution is -0.138. The third kappa shape index (κ3) is 6.87. The van der Waals surface area contributed by atoms with Gasteiger partial charge in [0.2, 0.25) is 5.91 Å². The number of alkyl halides is 3. The highest BCUT2D eigenvalue weighted by atomic mass is 19.4. The predicted molar refractivity (Wildman–Crippen MR) is 147 cm³/mol. The molecule has 3 aromatic rings. The van der Waals surface area contributed by atoms with E-state index in [1.807, 2.05) is 48.3 Å². The Hall–Kier alpha value is -4.18. The largest absolute Gasteiger partial charge is 0.483 e. The Morgan fingerprint density at radius 3 is 2.12 bits per heavy atom. The molecule has 2 heterocycles. The first kappa shape index (κ1) is 28.8. The van der Waals surface area contributed by atoms with Crippen molar-refractivity contribution >= 4 is 29.8 Å². The maximum Gasteiger partial charge on any atom is 0.416 e. The van der Waals surface area contributed by atoms with Gasteiger partial charge < -0.3 is 20.2 Å². The number of pyridine rings is 1. The van der Waals surface area contributed by atoms with Gasteiger partial charge in [0.15, 0.2) is 0 Å². The van der Waals surface area contributed by atoms with Gasteiger partial charge in [-0.15, -0.1) is 0 Å². The molecule has 2 aromatic carbocycles. The van der Waals surface area contributed by atoms with Crippen molar-refractivity contribution in [3.63, 3.8) is 0 Å². The molecule has 1 amide bonds. The third-order valence-electron chi connectivity index (χ3n) is 7.44. The minimum atomic E-state index is -4.38. The molecule has 1 saturated carbocycles. The van der Waals surface area contributed by atoms with Gasteiger partial charge in [0.1, 0.15) is 0 Å². The van der Waals surface area contributed by atoms with Crippen molar-refractivity contribution in [1.29, 1.82) is 0 Å². The Kier molecular flexibility index (Phi) is 8.89. The standard InChI is InChI=1S/C29H29F3N4O.CH2O2/c1-35(25-12-14-33-15-13-25)24-9-4-22(5-10-24)18-36(26-16-28(17-26)19-34-20-28)27(37)11-6-21-2-7-23(8-3-21)29(30,31)32;2-1-3/h2-15,26,34H,16-20H2,1H3;1H,(H,2,3). The Morgan fingerprint density at radius 1 is 1.02 bits per heavy atom. The Bertz CT molecular complexity index is 1300. The van der Waals surface area contributed by atoms with Crippen LogP contribution in [0.2, 0.25) is 0 Å². The van der Waals surface area contributed by atoms with Crippen molar-refractivity contribution in [1.82, 2.24) is 15.2 Å². The van der Waals surface area contributed by atoms with Crippen LogP contribution in [0.5, 0.6) is 0 Å². The number of carboxylic acid groups (broad SMARTS) is 1. The predicted octanol–water partition coefficient (Wildman–Crippen LogP) is 5.36. The monoisotopic (exact) mass is 552 g/mol. The van der Waals surface area contributed by atoms with E-state index in [4.69, 9.17) is 9.90 Å². The molecule has 40 heavy (non-hydrogen) atoms. The molecule has 0 radical (unpaired) electrons. The van der Waals surface area contributed by atoms with E-state index in [9.17, 15) is 18.0 Å². The molecule has 0 atom stereocenters. The first-order valence-corrected chi connectivity index (χ1v) is 12.8. The van der Waals surface area contributed by atoms with Crippen molar-refractivity contribution in [2.24, 2.45) is 5.41 Å². The fourth-order valence-electron chi connectivity index (χ4n) is 5.10. The summed E-state index contributed by atoms with van der Waals surface area (Å²) in [6, 6.07) is 17.0. The van der Waals surface area contributed by atoms with Crippen molar-refractivity contribution in [3.05, 3.63) is 95.8 Å². The van der Waals surface area contributed by atoms with E-state index < -0.39 is 11.7 Å². The zero-order chi connectivity index (χ0) is 28.8. The SMILES string of the molecule is CN(c1ccncc1)c1ccc(CN(C(=O)C=Cc2ccc(C(F)(F)F)cc2)C2CC3(CNC3)C2)cc1.O=CO. The molecule has 2 fully saturated rings. The maximum atomic E-state index is 13.3. The fraction of sp³-hybridized carbons (Fsp3) is 0.300. The summed E-state index contributed by atoms with van der Waals surface area (Å²) in [5.41, 5.74) is 3.23. The molecule has 2 aliphatic rings. The number of carbonyl (C=O) groups excluding carboxylic acids is 1. The third-order valence-corrected chi connectivity index (χ3v) is 7.44. The van der Waals surface area contributed by atoms with Crippen LogP contribution >= 0.6 is 0 Å². The van der Waals surface area contributed by atoms with Crippen LogP contribution < -0.4 is 10.2 Å². The molecular weight excluding hydrogens is 521 g/mol. The molecule has 0 bridgehead atoms. The van der Waals surface area contributed by atoms with Gasteiger partial charge in [0, 0.05) is 62.6 Å². The van der Waals surface area contributed by atoms with E-state index in [1.54, 1.807) is 18.5 Å². The molecule has 2 N–H and O–H groups in total. The second-order valence-electron chi connectivity index (χ2n) is 10.1. The molecule has 5 rings (SSSR count). The number of halogens is 3. The molecule has 1 saturated heterocycles. The molecular formula is C30H31F3N4O3. The number of amides is 1. The van der Waals surface area contributed by atoms with Gasteiger partial charge in [-0.1, -0.05) is 24.3 Å². The van der Waals surface area contributed by atoms with Crippen LogP contribution in [0.25, 0.3) is 6.08 Å². The van der Waals surface area contributed by atoms with Crippen LogP contribution in [0.15, 0.2) is 79.1 Å². The lowest BCUT2D eigenvalue weighted by Crippen LogP contribution is -2.65. The Labute approximate surface area is 230 Å². The number of hydrogen-bond acceptors (Lipinski definition) is 5. The normalized spacial score (nSPS) is 15.9. The quantitative estimate of drug-likeness (QED) is 0.303. The van der Waals surface area contributed by atoms with Gasteiger partial charge in [-0.3, -0.25) is 14.6 Å². The van der Waals surface area contributed by atoms with E-state index in [-0.39, 0.29) is 18.4 Å². The highest BCUT2D eigenvalue weighted by Gasteiger charge is 2.50. The van der Waals surface area contributed by atoms with Crippen LogP contribution in [-0.2, 0) is 22.3 Å². The first-order chi connectivity index (χ1) is 19.1. The fourth-order valence-corrected chi connectivity index (χ4v) is 5.10. The summed E-state index contributed by atoms with van der Waals surface area (Å²) in [7, 11) is 1.99. The molecule has 1 aromatic heterocycles. The Balaban J connectivity index is 0.00000118. The number of anilines is 2. The van der Waals surface area contributed by atoms with Crippen molar-refractivity contribution in [2.75, 3.05) is 25.0 Å². The van der Waals surface area contributed by atoms with Crippen molar-refractivity contribution < 1.29 is 27.9 Å². The summed E-state index contributed by atoms with van der Waals surface area (Å²) in [4.78, 5) is 29.7. The van der Waals surface area contributed by atoms with Crippen LogP contribution in [-0.4, -0.2) is 53.5 Å². The highest BCUT2D eigenvalue weighted by molar-refractivity contribution is 5.92. The van der Waals surface area contributed by atoms with E-state index in [2.05, 4.69) is 15.2 Å². The van der Waals surface area contributed by atoms with Gasteiger partial charge >= 0.3 is 6.18 Å². The molecule has 1 aliphatic heterocycles. The number of nitrogens with zero attached hydrogens (tertiary/aromatic N) is 3. The van der Waals surface area contributed by atoms with E-state index >= 15 is 0 Å². The number of aromatic nitrogens is 1. The average molecular weight is 553 g/mol. The lowest BCUT2D eigenvalue weighted by atomic mass is 9.61. The van der Waals surface area contributed by atoms with E-state index in [0.29, 0.717) is 17.5 Å². The summed E-state index contributed by atoms with van der Waals surface area (Å²) in [6.07, 6.45) is 4.11. The van der Waals surface area contributed by atoms with Gasteiger partial charge in [-0.2, -0.15) is 13.2 Å². The van der Waals surface area contributed by atoms with Crippen LogP contribution in [0.4, 0.5) is 24.5 Å². The minimum Gasteiger partial charge on any atom is -0.483 e. The van der Waals surface area contributed by atoms with Crippen LogP contribution in [0, 0.1) is 5.41 Å². The molecule has 0 unspecified atom stereocenters. The highest BCUT2D eigenvalue weighted by Crippen LogP contribution is 2.47. The molecule has 1 aliphatic carbocycles. The second kappa shape index (κ2) is 12.3. The summed E-state index contributed by atoms with van der Waals surface area (Å²) in [5, 5.41) is 10.2. The lowest BCUT2D eigenvalue weighted by Gasteiger charge is -2.57. The van der Waals surface area contributed by atoms with Crippen LogP contribution in [0.3, 0.4) is 0 Å². The summed E-state index contributed by atoms with van der Waals surface area (Å²) >= 11 is 0. The minimum absolute atomic E-state index is 0.134. The molecule has 210 valence electrons. The topological polar surface area (TPSA) is 85.8 Å². The number of benzene rings is 2. The molecule has 7 nitrogen and oxygen atoms in total. The summed E-state index contributed by atoms with van der Waals surface area (Å²) < 4.78 is 38.5. The van der Waals surface area contributed by atoms with Gasteiger partial charge in [0.05, 0.1) is 5.56 Å². The number of rotatable bonds is 7. The summed E-state index contributed by atoms with van der Waals surface area (Å²) in [6.45, 7) is 2.20. The number of hydrogen-bond donors (Lipinski definition) is 2. The Morgan fingerprint density at radius 2 is 1.60 bits per heavy atom. The van der Waals surface area contributed by atoms with Crippen molar-refractivity contribution in [2.45, 2.75) is 31.6 Å². The zero-order valence-corrected chi connectivity index (χ0v) is 22.0. The second-order valence-corrected chi connectivity index (χ2v) is 10.1. The number of carbonyl (C=O) groups is 2. The average Bonchev–Trinajstić information content (AvgIpc) is 2.90. The molecule has 1 spiro atoms. The van der Waals surface area contributed by atoms with Crippen LogP contribution in [0.1, 0.15) is 29.5 Å². The van der Waals surface area contributed by atoms with Gasteiger partial charge in [-0.25, -0.2) is 0 Å². The number of nitrogens with one attached hydrogen (secondary N) is 1. The van der Waals surface area contributed by atoms with Gasteiger partial charge in [0.25, 0.3) is 6.47 Å².